The Kier molecular flexibility index (Phi) is 5.27. The van der Waals surface area contributed by atoms with Crippen LogP contribution in [0.15, 0.2) is 0 Å². The molecule has 0 bridgehead atoms. The van der Waals surface area contributed by atoms with Crippen molar-refractivity contribution in [2.45, 2.75) is 0 Å². The lowest BCUT2D eigenvalue weighted by Gasteiger charge is -2.13. The average molecular weight is 215 g/mol. The molecule has 0 aliphatic rings. The summed E-state index contributed by atoms with van der Waals surface area (Å²) >= 11 is 12.5. The highest BCUT2D eigenvalue weighted by Crippen LogP contribution is 1.97. The smallest absolute Gasteiger partial charge is 0.272 e. The van der Waals surface area contributed by atoms with Gasteiger partial charge in [-0.2, -0.15) is 4.41 Å². The predicted molar refractivity (Wildman–Crippen MR) is 52.7 cm³/mol. The molecule has 1 amide bonds. The molecule has 0 saturated heterocycles. The summed E-state index contributed by atoms with van der Waals surface area (Å²) in [7, 11) is 0. The van der Waals surface area contributed by atoms with Gasteiger partial charge < -0.3 is 0 Å². The van der Waals surface area contributed by atoms with Crippen LogP contribution in [0.2, 0.25) is 0 Å². The third-order valence-corrected chi connectivity index (χ3v) is 1.81. The number of thiol groups is 2. The maximum Gasteiger partial charge on any atom is 0.307 e. The molecule has 4 nitrogen and oxygen atoms in total. The minimum Gasteiger partial charge on any atom is -0.272 e. The van der Waals surface area contributed by atoms with Gasteiger partial charge in [-0.1, -0.05) is 12.6 Å². The van der Waals surface area contributed by atoms with Gasteiger partial charge in [0.25, 0.3) is 0 Å². The maximum absolute atomic E-state index is 10.3. The van der Waals surface area contributed by atoms with Crippen molar-refractivity contribution in [3.05, 3.63) is 0 Å². The number of hydrazine groups is 1. The van der Waals surface area contributed by atoms with Crippen molar-refractivity contribution in [3.8, 4) is 0 Å². The van der Waals surface area contributed by atoms with E-state index < -0.39 is 5.24 Å². The fourth-order valence-corrected chi connectivity index (χ4v) is 0.681. The SMILES string of the molecule is NSC(=S)NN(S)C(=O)S. The molecular weight excluding hydrogens is 210 g/mol. The molecule has 0 aromatic heterocycles. The first-order valence-electron chi connectivity index (χ1n) is 1.97. The summed E-state index contributed by atoms with van der Waals surface area (Å²) in [5.74, 6) is 0. The van der Waals surface area contributed by atoms with Crippen LogP contribution in [0.1, 0.15) is 0 Å². The lowest BCUT2D eigenvalue weighted by atomic mass is 11.3. The van der Waals surface area contributed by atoms with E-state index in [2.05, 4.69) is 43.1 Å². The molecule has 0 aromatic rings. The molecule has 0 aliphatic carbocycles. The Hall–Kier alpha value is 0.370. The van der Waals surface area contributed by atoms with Crippen molar-refractivity contribution < 1.29 is 4.79 Å². The summed E-state index contributed by atoms with van der Waals surface area (Å²) < 4.78 is 1.07. The van der Waals surface area contributed by atoms with E-state index in [1.807, 2.05) is 0 Å². The van der Waals surface area contributed by atoms with Crippen LogP contribution in [-0.2, 0) is 0 Å². The molecule has 3 N–H and O–H groups in total. The molecule has 0 heterocycles. The molecule has 0 aromatic carbocycles. The number of amides is 1. The molecule has 8 heteroatoms. The van der Waals surface area contributed by atoms with Gasteiger partial charge in [-0.3, -0.25) is 15.4 Å². The number of hydrogen-bond acceptors (Lipinski definition) is 5. The monoisotopic (exact) mass is 215 g/mol. The zero-order valence-electron chi connectivity index (χ0n) is 4.64. The zero-order valence-corrected chi connectivity index (χ0v) is 8.07. The Morgan fingerprint density at radius 3 is 2.60 bits per heavy atom. The van der Waals surface area contributed by atoms with Crippen LogP contribution in [0, 0.1) is 0 Å². The summed E-state index contributed by atoms with van der Waals surface area (Å²) in [6, 6.07) is 0. The van der Waals surface area contributed by atoms with Crippen LogP contribution >= 0.6 is 49.6 Å². The average Bonchev–Trinajstić information content (AvgIpc) is 1.87. The number of carbonyl (C=O) groups excluding carboxylic acids is 1. The van der Waals surface area contributed by atoms with E-state index in [1.165, 1.54) is 0 Å². The Bertz CT molecular complexity index is 149. The van der Waals surface area contributed by atoms with Crippen molar-refractivity contribution in [2.24, 2.45) is 5.14 Å². The number of nitrogens with one attached hydrogen (secondary N) is 1. The highest BCUT2D eigenvalue weighted by atomic mass is 32.2. The Morgan fingerprint density at radius 1 is 1.80 bits per heavy atom. The molecule has 10 heavy (non-hydrogen) atoms. The number of nitrogens with two attached hydrogens (primary N) is 1. The maximum atomic E-state index is 10.3. The van der Waals surface area contributed by atoms with Gasteiger partial charge in [-0.15, -0.1) is 0 Å². The Labute approximate surface area is 78.9 Å². The predicted octanol–water partition coefficient (Wildman–Crippen LogP) is 0.579. The van der Waals surface area contributed by atoms with Gasteiger partial charge >= 0.3 is 5.24 Å². The molecule has 0 spiro atoms. The second-order valence-corrected chi connectivity index (χ2v) is 3.20. The van der Waals surface area contributed by atoms with E-state index >= 15 is 0 Å². The van der Waals surface area contributed by atoms with E-state index in [1.54, 1.807) is 0 Å². The van der Waals surface area contributed by atoms with Crippen molar-refractivity contribution in [2.75, 3.05) is 0 Å². The molecule has 0 fully saturated rings. The first-order chi connectivity index (χ1) is 4.57. The molecule has 0 aliphatic heterocycles. The van der Waals surface area contributed by atoms with Crippen LogP contribution < -0.4 is 10.6 Å². The first-order valence-corrected chi connectivity index (χ1v) is 4.10. The molecule has 0 unspecified atom stereocenters. The molecule has 0 radical (unpaired) electrons. The highest BCUT2D eigenvalue weighted by molar-refractivity contribution is 8.21. The molecule has 0 atom stereocenters. The molecular formula is C2H5N3OS4. The van der Waals surface area contributed by atoms with Crippen molar-refractivity contribution in [3.63, 3.8) is 0 Å². The quantitative estimate of drug-likeness (QED) is 0.206. The summed E-state index contributed by atoms with van der Waals surface area (Å²) in [6.45, 7) is 0. The number of thiocarbonyl (C=S) groups is 1. The van der Waals surface area contributed by atoms with E-state index in [0.717, 1.165) is 16.4 Å². The number of hydrogen-bond donors (Lipinski definition) is 4. The lowest BCUT2D eigenvalue weighted by Crippen LogP contribution is -2.35. The molecule has 58 valence electrons. The zero-order chi connectivity index (χ0) is 8.15. The largest absolute Gasteiger partial charge is 0.307 e. The van der Waals surface area contributed by atoms with Gasteiger partial charge in [0.15, 0.2) is 4.32 Å². The van der Waals surface area contributed by atoms with E-state index in [9.17, 15) is 4.79 Å². The van der Waals surface area contributed by atoms with Gasteiger partial charge in [0.1, 0.15) is 0 Å². The fourth-order valence-electron chi connectivity index (χ4n) is 0.161. The van der Waals surface area contributed by atoms with Crippen LogP contribution in [-0.4, -0.2) is 14.0 Å². The number of rotatable bonds is 0. The topological polar surface area (TPSA) is 58.4 Å². The van der Waals surface area contributed by atoms with Gasteiger partial charge in [0, 0.05) is 0 Å². The van der Waals surface area contributed by atoms with E-state index in [4.69, 9.17) is 5.14 Å². The van der Waals surface area contributed by atoms with Crippen LogP contribution in [0.5, 0.6) is 0 Å². The summed E-state index contributed by atoms with van der Waals surface area (Å²) in [4.78, 5) is 10.3. The fraction of sp³-hybridized carbons (Fsp3) is 0. The first kappa shape index (κ1) is 10.4. The minimum atomic E-state index is -0.556. The number of nitrogens with zero attached hydrogens (tertiary/aromatic N) is 1. The van der Waals surface area contributed by atoms with Crippen LogP contribution in [0.3, 0.4) is 0 Å². The summed E-state index contributed by atoms with van der Waals surface area (Å²) in [6.07, 6.45) is 0. The van der Waals surface area contributed by atoms with E-state index in [0.29, 0.717) is 0 Å². The van der Waals surface area contributed by atoms with Crippen molar-refractivity contribution in [1.29, 1.82) is 0 Å². The van der Waals surface area contributed by atoms with Gasteiger partial charge in [0.2, 0.25) is 0 Å². The Balaban J connectivity index is 3.68. The molecule has 0 saturated carbocycles. The third kappa shape index (κ3) is 4.23. The van der Waals surface area contributed by atoms with Gasteiger partial charge in [0.05, 0.1) is 0 Å². The second-order valence-electron chi connectivity index (χ2n) is 1.11. The van der Waals surface area contributed by atoms with Gasteiger partial charge in [-0.05, 0) is 37.0 Å². The normalized spacial score (nSPS) is 8.70. The third-order valence-electron chi connectivity index (χ3n) is 0.485. The lowest BCUT2D eigenvalue weighted by molar-refractivity contribution is 0.246. The highest BCUT2D eigenvalue weighted by Gasteiger charge is 2.04. The van der Waals surface area contributed by atoms with Crippen LogP contribution in [0.25, 0.3) is 0 Å². The molecule has 0 rings (SSSR count). The van der Waals surface area contributed by atoms with E-state index in [-0.39, 0.29) is 4.32 Å². The standard InChI is InChI=1S/C2H5N3OS4/c3-10-1(7)4-5(9)2(6)8/h9H,3H2,(H,4,7)(H,6,8). The summed E-state index contributed by atoms with van der Waals surface area (Å²) in [5.41, 5.74) is 2.37. The minimum absolute atomic E-state index is 0.248. The number of carbonyl (C=O) groups is 1. The summed E-state index contributed by atoms with van der Waals surface area (Å²) in [5, 5.41) is 4.48. The van der Waals surface area contributed by atoms with Gasteiger partial charge in [-0.25, -0.2) is 0 Å². The van der Waals surface area contributed by atoms with Crippen molar-refractivity contribution in [1.82, 2.24) is 9.84 Å². The Morgan fingerprint density at radius 2 is 2.30 bits per heavy atom. The van der Waals surface area contributed by atoms with Crippen molar-refractivity contribution >= 4 is 59.2 Å². The second kappa shape index (κ2) is 5.08. The van der Waals surface area contributed by atoms with Crippen LogP contribution in [0.4, 0.5) is 4.79 Å².